The molecule has 0 unspecified atom stereocenters. The first-order chi connectivity index (χ1) is 12.2. The molecule has 0 aliphatic carbocycles. The van der Waals surface area contributed by atoms with Crippen LogP contribution in [0, 0.1) is 0 Å². The highest BCUT2D eigenvalue weighted by Crippen LogP contribution is 2.22. The van der Waals surface area contributed by atoms with Crippen molar-refractivity contribution < 1.29 is 4.39 Å². The number of nitrogens with one attached hydrogen (secondary N) is 2. The van der Waals surface area contributed by atoms with Gasteiger partial charge in [-0.1, -0.05) is 0 Å². The smallest absolute Gasteiger partial charge is 0.182 e. The number of aromatic nitrogens is 4. The van der Waals surface area contributed by atoms with Crippen molar-refractivity contribution in [3.05, 3.63) is 36.1 Å². The first-order valence-electron chi connectivity index (χ1n) is 8.04. The lowest BCUT2D eigenvalue weighted by molar-refractivity contribution is 0.364. The number of rotatable bonds is 6. The third-order valence-corrected chi connectivity index (χ3v) is 3.90. The van der Waals surface area contributed by atoms with Crippen molar-refractivity contribution in [2.24, 2.45) is 10.7 Å². The number of pyridine rings is 1. The van der Waals surface area contributed by atoms with Crippen LogP contribution in [0.5, 0.6) is 0 Å². The minimum absolute atomic E-state index is 0.404. The summed E-state index contributed by atoms with van der Waals surface area (Å²) in [5.41, 5.74) is 6.99. The molecule has 1 aliphatic rings. The largest absolute Gasteiger partial charge is 0.403 e. The number of nitrogens with two attached hydrogens (primary N) is 1. The van der Waals surface area contributed by atoms with Crippen LogP contribution in [0.4, 0.5) is 10.2 Å². The van der Waals surface area contributed by atoms with Crippen molar-refractivity contribution in [2.75, 3.05) is 25.0 Å². The molecular formula is C16H21FN8. The van der Waals surface area contributed by atoms with E-state index in [2.05, 4.69) is 30.5 Å². The van der Waals surface area contributed by atoms with Crippen molar-refractivity contribution in [3.63, 3.8) is 0 Å². The van der Waals surface area contributed by atoms with E-state index in [0.29, 0.717) is 43.4 Å². The van der Waals surface area contributed by atoms with Gasteiger partial charge in [0.05, 0.1) is 18.8 Å². The Morgan fingerprint density at radius 3 is 3.08 bits per heavy atom. The predicted octanol–water partition coefficient (Wildman–Crippen LogP) is 1.01. The van der Waals surface area contributed by atoms with Gasteiger partial charge in [-0.15, -0.1) is 0 Å². The molecule has 0 amide bonds. The average Bonchev–Trinajstić information content (AvgIpc) is 3.28. The fourth-order valence-electron chi connectivity index (χ4n) is 2.61. The molecule has 3 rings (SSSR count). The van der Waals surface area contributed by atoms with Gasteiger partial charge < -0.3 is 16.0 Å². The highest BCUT2D eigenvalue weighted by molar-refractivity contribution is 5.77. The van der Waals surface area contributed by atoms with E-state index in [-0.39, 0.29) is 0 Å². The lowest BCUT2D eigenvalue weighted by atomic mass is 10.2. The van der Waals surface area contributed by atoms with Crippen molar-refractivity contribution in [1.82, 2.24) is 25.5 Å². The van der Waals surface area contributed by atoms with Crippen LogP contribution in [0.15, 0.2) is 35.2 Å². The normalized spacial score (nSPS) is 18.2. The van der Waals surface area contributed by atoms with E-state index < -0.39 is 6.17 Å². The highest BCUT2D eigenvalue weighted by atomic mass is 19.1. The standard InChI is InChI=1S/C16H21FN8/c1-19-8-13(6-18)20-9-14-22-16(24-23-14)11-2-3-15(21-7-11)25-5-4-12(17)10-25/h2-3,6-8,12,20H,4-5,9-10,18H2,1H3,(H,22,23,24)/t12-/m0/s1. The molecule has 1 atom stereocenters. The quantitative estimate of drug-likeness (QED) is 0.675. The fraction of sp³-hybridized carbons (Fsp3) is 0.375. The minimum Gasteiger partial charge on any atom is -0.403 e. The zero-order valence-corrected chi connectivity index (χ0v) is 14.0. The lowest BCUT2D eigenvalue weighted by Gasteiger charge is -2.15. The molecular weight excluding hydrogens is 323 g/mol. The summed E-state index contributed by atoms with van der Waals surface area (Å²) in [6, 6.07) is 3.76. The third kappa shape index (κ3) is 4.11. The van der Waals surface area contributed by atoms with Gasteiger partial charge in [0.1, 0.15) is 17.8 Å². The molecule has 9 heteroatoms. The molecule has 4 N–H and O–H groups in total. The molecule has 8 nitrogen and oxygen atoms in total. The van der Waals surface area contributed by atoms with Crippen LogP contribution in [-0.2, 0) is 6.54 Å². The summed E-state index contributed by atoms with van der Waals surface area (Å²) in [5, 5.41) is 10.2. The molecule has 25 heavy (non-hydrogen) atoms. The topological polar surface area (TPSA) is 108 Å². The summed E-state index contributed by atoms with van der Waals surface area (Å²) in [4.78, 5) is 14.7. The molecule has 2 aromatic rings. The molecule has 0 saturated carbocycles. The van der Waals surface area contributed by atoms with Gasteiger partial charge in [0.25, 0.3) is 0 Å². The first-order valence-corrected chi connectivity index (χ1v) is 8.04. The lowest BCUT2D eigenvalue weighted by Crippen LogP contribution is -2.20. The Kier molecular flexibility index (Phi) is 5.22. The second-order valence-electron chi connectivity index (χ2n) is 5.71. The van der Waals surface area contributed by atoms with Crippen LogP contribution in [0.25, 0.3) is 11.4 Å². The van der Waals surface area contributed by atoms with Gasteiger partial charge in [-0.05, 0) is 18.6 Å². The fourth-order valence-corrected chi connectivity index (χ4v) is 2.61. The van der Waals surface area contributed by atoms with Crippen molar-refractivity contribution in [3.8, 4) is 11.4 Å². The molecule has 132 valence electrons. The summed E-state index contributed by atoms with van der Waals surface area (Å²) < 4.78 is 13.3. The van der Waals surface area contributed by atoms with Gasteiger partial charge in [-0.25, -0.2) is 14.4 Å². The number of aromatic amines is 1. The number of hydrogen-bond acceptors (Lipinski definition) is 7. The first kappa shape index (κ1) is 16.9. The second kappa shape index (κ2) is 7.73. The number of anilines is 1. The molecule has 1 fully saturated rings. The van der Waals surface area contributed by atoms with Crippen LogP contribution in [0.1, 0.15) is 12.2 Å². The molecule has 0 aromatic carbocycles. The summed E-state index contributed by atoms with van der Waals surface area (Å²) in [7, 11) is 1.67. The average molecular weight is 344 g/mol. The number of halogens is 1. The van der Waals surface area contributed by atoms with Crippen LogP contribution in [-0.4, -0.2) is 52.7 Å². The molecule has 0 radical (unpaired) electrons. The number of alkyl halides is 1. The molecule has 0 spiro atoms. The number of H-pyrrole nitrogens is 1. The Labute approximate surface area is 145 Å². The number of nitrogens with zero attached hydrogens (tertiary/aromatic N) is 5. The Morgan fingerprint density at radius 2 is 2.44 bits per heavy atom. The van der Waals surface area contributed by atoms with Gasteiger partial charge in [0, 0.05) is 37.8 Å². The molecule has 2 aromatic heterocycles. The summed E-state index contributed by atoms with van der Waals surface area (Å²) in [5.74, 6) is 2.00. The van der Waals surface area contributed by atoms with E-state index in [4.69, 9.17) is 5.73 Å². The van der Waals surface area contributed by atoms with Crippen molar-refractivity contribution in [1.29, 1.82) is 0 Å². The summed E-state index contributed by atoms with van der Waals surface area (Å²) >= 11 is 0. The van der Waals surface area contributed by atoms with E-state index in [9.17, 15) is 4.39 Å². The minimum atomic E-state index is -0.769. The second-order valence-corrected chi connectivity index (χ2v) is 5.71. The number of allylic oxidation sites excluding steroid dienone is 1. The van der Waals surface area contributed by atoms with Crippen molar-refractivity contribution >= 4 is 12.0 Å². The Morgan fingerprint density at radius 1 is 1.56 bits per heavy atom. The van der Waals surface area contributed by atoms with Crippen LogP contribution in [0.3, 0.4) is 0 Å². The van der Waals surface area contributed by atoms with E-state index in [0.717, 1.165) is 11.4 Å². The van der Waals surface area contributed by atoms with Gasteiger partial charge in [-0.3, -0.25) is 10.1 Å². The Bertz CT molecular complexity index is 752. The SMILES string of the molecule is CN=CC(=CN)NCc1nc(-c2ccc(N3CC[C@H](F)C3)nc2)n[nH]1. The predicted molar refractivity (Wildman–Crippen MR) is 94.9 cm³/mol. The third-order valence-electron chi connectivity index (χ3n) is 3.90. The molecule has 1 aliphatic heterocycles. The van der Waals surface area contributed by atoms with Gasteiger partial charge >= 0.3 is 0 Å². The number of aliphatic imine (C=N–C) groups is 1. The van der Waals surface area contributed by atoms with E-state index in [1.807, 2.05) is 17.0 Å². The van der Waals surface area contributed by atoms with E-state index >= 15 is 0 Å². The van der Waals surface area contributed by atoms with Gasteiger partial charge in [0.2, 0.25) is 0 Å². The maximum atomic E-state index is 13.3. The molecule has 3 heterocycles. The summed E-state index contributed by atoms with van der Waals surface area (Å²) in [6.45, 7) is 1.54. The highest BCUT2D eigenvalue weighted by Gasteiger charge is 2.22. The van der Waals surface area contributed by atoms with E-state index in [1.165, 1.54) is 6.20 Å². The van der Waals surface area contributed by atoms with Gasteiger partial charge in [0.15, 0.2) is 5.82 Å². The maximum absolute atomic E-state index is 13.3. The zero-order chi connectivity index (χ0) is 17.6. The van der Waals surface area contributed by atoms with E-state index in [1.54, 1.807) is 19.5 Å². The zero-order valence-electron chi connectivity index (χ0n) is 14.0. The molecule has 0 bridgehead atoms. The van der Waals surface area contributed by atoms with Crippen LogP contribution in [0.2, 0.25) is 0 Å². The maximum Gasteiger partial charge on any atom is 0.182 e. The number of hydrogen-bond donors (Lipinski definition) is 3. The summed E-state index contributed by atoms with van der Waals surface area (Å²) in [6.07, 6.45) is 4.56. The van der Waals surface area contributed by atoms with Crippen LogP contribution >= 0.6 is 0 Å². The Hall–Kier alpha value is -2.97. The molecule has 1 saturated heterocycles. The Balaban J connectivity index is 1.64. The van der Waals surface area contributed by atoms with Crippen molar-refractivity contribution in [2.45, 2.75) is 19.1 Å². The van der Waals surface area contributed by atoms with Crippen LogP contribution < -0.4 is 16.0 Å². The van der Waals surface area contributed by atoms with Gasteiger partial charge in [-0.2, -0.15) is 5.10 Å². The monoisotopic (exact) mass is 344 g/mol.